The van der Waals surface area contributed by atoms with Gasteiger partial charge in [0.25, 0.3) is 11.5 Å². The Kier molecular flexibility index (Phi) is 6.76. The number of nitrogens with one attached hydrogen (secondary N) is 1. The maximum absolute atomic E-state index is 13.7. The van der Waals surface area contributed by atoms with Crippen LogP contribution in [0.1, 0.15) is 49.0 Å². The van der Waals surface area contributed by atoms with Gasteiger partial charge in [-0.25, -0.2) is 9.67 Å². The summed E-state index contributed by atoms with van der Waals surface area (Å²) >= 11 is 0. The third kappa shape index (κ3) is 4.95. The van der Waals surface area contributed by atoms with Gasteiger partial charge in [-0.1, -0.05) is 6.92 Å². The molecule has 1 saturated carbocycles. The van der Waals surface area contributed by atoms with Gasteiger partial charge in [0.1, 0.15) is 0 Å². The van der Waals surface area contributed by atoms with Gasteiger partial charge in [0.2, 0.25) is 11.8 Å². The van der Waals surface area contributed by atoms with Crippen molar-refractivity contribution in [2.75, 3.05) is 50.1 Å². The molecule has 0 radical (unpaired) electrons. The van der Waals surface area contributed by atoms with Crippen LogP contribution in [0, 0.1) is 5.92 Å². The van der Waals surface area contributed by atoms with Crippen molar-refractivity contribution < 1.29 is 9.53 Å². The van der Waals surface area contributed by atoms with Crippen LogP contribution in [0.15, 0.2) is 41.5 Å². The van der Waals surface area contributed by atoms with Crippen molar-refractivity contribution >= 4 is 28.6 Å². The van der Waals surface area contributed by atoms with E-state index in [0.29, 0.717) is 53.6 Å². The average molecular weight is 571 g/mol. The van der Waals surface area contributed by atoms with Crippen LogP contribution < -0.4 is 20.5 Å². The van der Waals surface area contributed by atoms with Gasteiger partial charge < -0.3 is 23.7 Å². The fourth-order valence-electron chi connectivity index (χ4n) is 6.12. The summed E-state index contributed by atoms with van der Waals surface area (Å²) in [5.74, 6) is 1.13. The van der Waals surface area contributed by atoms with Crippen LogP contribution in [0.5, 0.6) is 5.88 Å². The van der Waals surface area contributed by atoms with Crippen molar-refractivity contribution in [1.29, 1.82) is 0 Å². The zero-order valence-corrected chi connectivity index (χ0v) is 24.5. The first-order valence-corrected chi connectivity index (χ1v) is 15.0. The lowest BCUT2D eigenvalue weighted by molar-refractivity contribution is 0.102. The number of nitrogens with zero attached hydrogens (tertiary/aromatic N) is 7. The molecule has 2 aliphatic heterocycles. The Balaban J connectivity index is 1.29. The third-order valence-electron chi connectivity index (χ3n) is 8.78. The summed E-state index contributed by atoms with van der Waals surface area (Å²) in [5, 5.41) is 7.67. The lowest BCUT2D eigenvalue weighted by Crippen LogP contribution is -2.44. The largest absolute Gasteiger partial charge is 0.477 e. The van der Waals surface area contributed by atoms with E-state index in [0.717, 1.165) is 62.9 Å². The maximum atomic E-state index is 13.7. The number of benzene rings is 1. The zero-order valence-electron chi connectivity index (χ0n) is 24.5. The highest BCUT2D eigenvalue weighted by atomic mass is 16.5. The van der Waals surface area contributed by atoms with E-state index < -0.39 is 0 Å². The second-order valence-electron chi connectivity index (χ2n) is 12.2. The summed E-state index contributed by atoms with van der Waals surface area (Å²) in [4.78, 5) is 36.7. The number of carbonyl (C=O) groups excluding carboxylic acids is 1. The number of hydrogen-bond donors (Lipinski definition) is 1. The van der Waals surface area contributed by atoms with Gasteiger partial charge in [-0.3, -0.25) is 14.9 Å². The average Bonchev–Trinajstić information content (AvgIpc) is 3.66. The molecule has 1 atom stereocenters. The van der Waals surface area contributed by atoms with Crippen molar-refractivity contribution in [3.05, 3.63) is 52.6 Å². The monoisotopic (exact) mass is 570 g/mol. The van der Waals surface area contributed by atoms with E-state index in [9.17, 15) is 9.59 Å². The number of fused-ring (bicyclic) bond motifs is 7. The Bertz CT molecular complexity index is 1710. The van der Waals surface area contributed by atoms with Crippen molar-refractivity contribution in [2.45, 2.75) is 45.2 Å². The lowest BCUT2D eigenvalue weighted by atomic mass is 10.1. The third-order valence-corrected chi connectivity index (χ3v) is 8.78. The molecule has 220 valence electrons. The molecule has 11 heteroatoms. The molecule has 0 spiro atoms. The number of anilines is 2. The number of pyridine rings is 1. The van der Waals surface area contributed by atoms with E-state index >= 15 is 0 Å². The molecular formula is C31H38N8O3. The smallest absolute Gasteiger partial charge is 0.259 e. The SMILES string of the molecule is C[C@@H]1CCCOc2c(cnn2C2CC2)-c2cc(cn(C)c2=O)C(=O)Nc2nc3ccc(N4CCN(C)CC4)cc3n2C1. The minimum absolute atomic E-state index is 0.201. The number of imidazole rings is 1. The summed E-state index contributed by atoms with van der Waals surface area (Å²) in [6.07, 6.45) is 7.16. The van der Waals surface area contributed by atoms with E-state index in [1.54, 1.807) is 25.5 Å². The molecule has 1 N–H and O–H groups in total. The van der Waals surface area contributed by atoms with Gasteiger partial charge in [-0.15, -0.1) is 0 Å². The molecule has 5 heterocycles. The van der Waals surface area contributed by atoms with Gasteiger partial charge in [0, 0.05) is 51.7 Å². The number of amides is 1. The van der Waals surface area contributed by atoms with Gasteiger partial charge in [-0.2, -0.15) is 5.10 Å². The molecule has 2 bridgehead atoms. The molecular weight excluding hydrogens is 532 g/mol. The summed E-state index contributed by atoms with van der Waals surface area (Å²) in [5.41, 5.74) is 4.23. The number of aryl methyl sites for hydroxylation is 1. The number of likely N-dealkylation sites (N-methyl/N-ethyl adjacent to an activating group) is 1. The fourth-order valence-corrected chi connectivity index (χ4v) is 6.12. The van der Waals surface area contributed by atoms with Gasteiger partial charge in [-0.05, 0) is 62.9 Å². The summed E-state index contributed by atoms with van der Waals surface area (Å²) in [6.45, 7) is 7.48. The molecule has 42 heavy (non-hydrogen) atoms. The Morgan fingerprint density at radius 1 is 1.00 bits per heavy atom. The summed E-state index contributed by atoms with van der Waals surface area (Å²) in [6, 6.07) is 8.33. The first kappa shape index (κ1) is 26.8. The Hall–Kier alpha value is -4.12. The van der Waals surface area contributed by atoms with E-state index in [2.05, 4.69) is 57.0 Å². The van der Waals surface area contributed by atoms with E-state index in [4.69, 9.17) is 9.72 Å². The molecule has 3 aromatic heterocycles. The lowest BCUT2D eigenvalue weighted by Gasteiger charge is -2.34. The number of piperazine rings is 1. The minimum Gasteiger partial charge on any atom is -0.477 e. The normalized spacial score (nSPS) is 20.3. The molecule has 1 aliphatic carbocycles. The quantitative estimate of drug-likeness (QED) is 0.392. The summed E-state index contributed by atoms with van der Waals surface area (Å²) in [7, 11) is 3.82. The highest BCUT2D eigenvalue weighted by Crippen LogP contribution is 2.41. The molecule has 2 fully saturated rings. The minimum atomic E-state index is -0.317. The second-order valence-corrected chi connectivity index (χ2v) is 12.2. The van der Waals surface area contributed by atoms with Crippen molar-refractivity contribution in [3.63, 3.8) is 0 Å². The van der Waals surface area contributed by atoms with Crippen LogP contribution in [0.2, 0.25) is 0 Å². The van der Waals surface area contributed by atoms with Crippen LogP contribution >= 0.6 is 0 Å². The molecule has 11 nitrogen and oxygen atoms in total. The predicted molar refractivity (Wildman–Crippen MR) is 162 cm³/mol. The number of aromatic nitrogens is 5. The van der Waals surface area contributed by atoms with Crippen LogP contribution in [0.3, 0.4) is 0 Å². The first-order valence-electron chi connectivity index (χ1n) is 15.0. The molecule has 0 unspecified atom stereocenters. The molecule has 1 aromatic carbocycles. The highest BCUT2D eigenvalue weighted by Gasteiger charge is 2.30. The molecule has 4 aromatic rings. The van der Waals surface area contributed by atoms with Crippen LogP contribution in [-0.4, -0.2) is 74.5 Å². The van der Waals surface area contributed by atoms with E-state index in [1.165, 1.54) is 10.3 Å². The zero-order chi connectivity index (χ0) is 29.0. The van der Waals surface area contributed by atoms with Crippen LogP contribution in [-0.2, 0) is 13.6 Å². The molecule has 1 amide bonds. The highest BCUT2D eigenvalue weighted by molar-refractivity contribution is 6.04. The molecule has 1 saturated heterocycles. The number of ether oxygens (including phenoxy) is 1. The fraction of sp³-hybridized carbons (Fsp3) is 0.484. The summed E-state index contributed by atoms with van der Waals surface area (Å²) < 4.78 is 11.8. The topological polar surface area (TPSA) is 102 Å². The van der Waals surface area contributed by atoms with Gasteiger partial charge in [0.15, 0.2) is 0 Å². The van der Waals surface area contributed by atoms with Crippen molar-refractivity contribution in [2.24, 2.45) is 13.0 Å². The molecule has 3 aliphatic rings. The standard InChI is InChI=1S/C31H38N8O3/c1-20-5-4-14-42-30-25(17-32-39(30)22-6-7-22)24-15-21(19-36(3)29(24)41)28(40)34-31-33-26-9-8-23(16-27(26)38(31)18-20)37-12-10-35(2)11-13-37/h8-9,15-17,19-20,22H,4-7,10-14,18H2,1-3H3,(H,33,34,40)/t20-/m1/s1. The van der Waals surface area contributed by atoms with Crippen molar-refractivity contribution in [3.8, 4) is 17.0 Å². The number of rotatable bonds is 2. The van der Waals surface area contributed by atoms with Gasteiger partial charge >= 0.3 is 0 Å². The maximum Gasteiger partial charge on any atom is 0.259 e. The second kappa shape index (κ2) is 10.6. The Morgan fingerprint density at radius 3 is 2.60 bits per heavy atom. The van der Waals surface area contributed by atoms with E-state index in [1.807, 2.05) is 4.68 Å². The van der Waals surface area contributed by atoms with Crippen LogP contribution in [0.25, 0.3) is 22.2 Å². The predicted octanol–water partition coefficient (Wildman–Crippen LogP) is 3.75. The van der Waals surface area contributed by atoms with Crippen molar-refractivity contribution in [1.82, 2.24) is 28.8 Å². The number of hydrogen-bond acceptors (Lipinski definition) is 7. The first-order chi connectivity index (χ1) is 20.4. The number of carbonyl (C=O) groups is 1. The Morgan fingerprint density at radius 2 is 1.81 bits per heavy atom. The van der Waals surface area contributed by atoms with Crippen LogP contribution in [0.4, 0.5) is 11.6 Å². The van der Waals surface area contributed by atoms with Gasteiger partial charge in [0.05, 0.1) is 46.6 Å². The Labute approximate surface area is 244 Å². The van der Waals surface area contributed by atoms with E-state index in [-0.39, 0.29) is 11.5 Å². The molecule has 7 rings (SSSR count).